The number of benzene rings is 1. The molecule has 0 aliphatic carbocycles. The van der Waals surface area contributed by atoms with Crippen LogP contribution in [-0.4, -0.2) is 28.7 Å². The molecular formula is C20H27N5. The molecule has 5 heteroatoms. The normalized spacial score (nSPS) is 19.6. The molecule has 0 spiro atoms. The van der Waals surface area contributed by atoms with Gasteiger partial charge >= 0.3 is 0 Å². The fourth-order valence-corrected chi connectivity index (χ4v) is 3.45. The maximum Gasteiger partial charge on any atom is 0.171 e. The van der Waals surface area contributed by atoms with E-state index >= 15 is 0 Å². The zero-order chi connectivity index (χ0) is 17.8. The van der Waals surface area contributed by atoms with Gasteiger partial charge in [-0.2, -0.15) is 0 Å². The number of nitrogen functional groups attached to an aromatic ring is 1. The number of nitrogens with one attached hydrogen (secondary N) is 1. The van der Waals surface area contributed by atoms with Crippen LogP contribution in [0.2, 0.25) is 0 Å². The molecule has 3 rings (SSSR count). The minimum Gasteiger partial charge on any atom is -0.381 e. The van der Waals surface area contributed by atoms with Crippen LogP contribution in [0.5, 0.6) is 0 Å². The summed E-state index contributed by atoms with van der Waals surface area (Å²) >= 11 is 0. The van der Waals surface area contributed by atoms with E-state index in [0.717, 1.165) is 36.3 Å². The first-order valence-corrected chi connectivity index (χ1v) is 8.86. The molecule has 3 N–H and O–H groups in total. The number of nitrogens with two attached hydrogens (primary N) is 1. The Morgan fingerprint density at radius 2 is 2.32 bits per heavy atom. The summed E-state index contributed by atoms with van der Waals surface area (Å²) in [6, 6.07) is 8.41. The van der Waals surface area contributed by atoms with Crippen LogP contribution in [0.15, 0.2) is 48.1 Å². The Bertz CT molecular complexity index is 815. The molecule has 132 valence electrons. The number of rotatable bonds is 4. The van der Waals surface area contributed by atoms with E-state index in [1.54, 1.807) is 0 Å². The van der Waals surface area contributed by atoms with Gasteiger partial charge in [-0.15, -0.1) is 6.58 Å². The van der Waals surface area contributed by atoms with E-state index < -0.39 is 0 Å². The highest BCUT2D eigenvalue weighted by Crippen LogP contribution is 2.20. The number of anilines is 1. The highest BCUT2D eigenvalue weighted by molar-refractivity contribution is 5.60. The lowest BCUT2D eigenvalue weighted by molar-refractivity contribution is 0.348. The van der Waals surface area contributed by atoms with Crippen molar-refractivity contribution in [1.29, 1.82) is 0 Å². The van der Waals surface area contributed by atoms with E-state index in [2.05, 4.69) is 48.1 Å². The monoisotopic (exact) mass is 337 g/mol. The molecule has 1 aliphatic rings. The van der Waals surface area contributed by atoms with E-state index in [4.69, 9.17) is 10.7 Å². The SMILES string of the molecule is C=C[C@H](N=c1c(N)ncc(-c2cccc(C)c2)n1C)C1CCCNC1. The van der Waals surface area contributed by atoms with E-state index in [1.807, 2.05) is 23.9 Å². The molecule has 5 nitrogen and oxygen atoms in total. The first-order valence-electron chi connectivity index (χ1n) is 8.86. The van der Waals surface area contributed by atoms with Crippen molar-refractivity contribution in [3.8, 4) is 11.3 Å². The van der Waals surface area contributed by atoms with Crippen LogP contribution < -0.4 is 16.5 Å². The maximum absolute atomic E-state index is 6.16. The fourth-order valence-electron chi connectivity index (χ4n) is 3.45. The molecular weight excluding hydrogens is 310 g/mol. The van der Waals surface area contributed by atoms with Crippen molar-refractivity contribution in [2.45, 2.75) is 25.8 Å². The zero-order valence-corrected chi connectivity index (χ0v) is 15.1. The van der Waals surface area contributed by atoms with Crippen LogP contribution in [-0.2, 0) is 7.05 Å². The van der Waals surface area contributed by atoms with E-state index in [9.17, 15) is 0 Å². The van der Waals surface area contributed by atoms with E-state index in [1.165, 1.54) is 12.0 Å². The molecule has 1 unspecified atom stereocenters. The van der Waals surface area contributed by atoms with Crippen molar-refractivity contribution >= 4 is 5.82 Å². The Hall–Kier alpha value is -2.40. The van der Waals surface area contributed by atoms with Gasteiger partial charge in [0.25, 0.3) is 0 Å². The van der Waals surface area contributed by atoms with E-state index in [0.29, 0.717) is 11.7 Å². The zero-order valence-electron chi connectivity index (χ0n) is 15.1. The number of aromatic nitrogens is 2. The topological polar surface area (TPSA) is 68.2 Å². The molecule has 1 fully saturated rings. The van der Waals surface area contributed by atoms with Crippen LogP contribution in [0, 0.1) is 12.8 Å². The lowest BCUT2D eigenvalue weighted by Gasteiger charge is -2.26. The molecule has 1 aromatic carbocycles. The third-order valence-corrected chi connectivity index (χ3v) is 4.88. The van der Waals surface area contributed by atoms with Crippen LogP contribution in [0.4, 0.5) is 5.82 Å². The number of nitrogens with zero attached hydrogens (tertiary/aromatic N) is 3. The van der Waals surface area contributed by atoms with Crippen molar-refractivity contribution in [2.75, 3.05) is 18.8 Å². The standard InChI is InChI=1S/C20H27N5/c1-4-17(16-9-6-10-22-12-16)24-20-19(21)23-13-18(25(20)3)15-8-5-7-14(2)11-15/h4-5,7-8,11,13,16-17,22H,1,6,9-10,12H2,2-3H3,(H2,21,23)/t16?,17-/m0/s1. The summed E-state index contributed by atoms with van der Waals surface area (Å²) in [5.74, 6) is 0.905. The number of piperidine rings is 1. The van der Waals surface area contributed by atoms with Gasteiger partial charge in [-0.05, 0) is 38.3 Å². The van der Waals surface area contributed by atoms with Gasteiger partial charge in [0.15, 0.2) is 11.3 Å². The van der Waals surface area contributed by atoms with Crippen molar-refractivity contribution in [3.63, 3.8) is 0 Å². The van der Waals surface area contributed by atoms with Crippen molar-refractivity contribution in [2.24, 2.45) is 18.0 Å². The lowest BCUT2D eigenvalue weighted by atomic mass is 9.92. The molecule has 1 aromatic heterocycles. The van der Waals surface area contributed by atoms with Gasteiger partial charge in [0.1, 0.15) is 0 Å². The summed E-state index contributed by atoms with van der Waals surface area (Å²) in [6.45, 7) is 8.13. The number of aryl methyl sites for hydroxylation is 1. The minimum atomic E-state index is 0.0378. The van der Waals surface area contributed by atoms with Gasteiger partial charge in [0.2, 0.25) is 0 Å². The molecule has 0 radical (unpaired) electrons. The molecule has 0 amide bonds. The Balaban J connectivity index is 2.05. The lowest BCUT2D eigenvalue weighted by Crippen LogP contribution is -2.37. The van der Waals surface area contributed by atoms with Crippen LogP contribution in [0.25, 0.3) is 11.3 Å². The van der Waals surface area contributed by atoms with Crippen LogP contribution in [0.3, 0.4) is 0 Å². The largest absolute Gasteiger partial charge is 0.381 e. The molecule has 2 heterocycles. The smallest absolute Gasteiger partial charge is 0.171 e. The Kier molecular flexibility index (Phi) is 5.34. The first-order chi connectivity index (χ1) is 12.1. The summed E-state index contributed by atoms with van der Waals surface area (Å²) in [6.07, 6.45) is 6.07. The van der Waals surface area contributed by atoms with Gasteiger partial charge in [-0.1, -0.05) is 29.8 Å². The average Bonchev–Trinajstić information content (AvgIpc) is 2.62. The second kappa shape index (κ2) is 7.66. The Labute approximate surface area is 149 Å². The molecule has 1 saturated heterocycles. The Morgan fingerprint density at radius 1 is 1.48 bits per heavy atom. The second-order valence-corrected chi connectivity index (χ2v) is 6.74. The molecule has 25 heavy (non-hydrogen) atoms. The number of hydrogen-bond donors (Lipinski definition) is 2. The molecule has 2 aromatic rings. The first kappa shape index (κ1) is 17.4. The van der Waals surface area contributed by atoms with Gasteiger partial charge in [-0.3, -0.25) is 4.99 Å². The molecule has 0 bridgehead atoms. The van der Waals surface area contributed by atoms with Crippen molar-refractivity contribution < 1.29 is 0 Å². The maximum atomic E-state index is 6.16. The highest BCUT2D eigenvalue weighted by Gasteiger charge is 2.21. The van der Waals surface area contributed by atoms with Gasteiger partial charge in [0.05, 0.1) is 17.9 Å². The summed E-state index contributed by atoms with van der Waals surface area (Å²) in [5, 5.41) is 3.45. The third-order valence-electron chi connectivity index (χ3n) is 4.88. The van der Waals surface area contributed by atoms with Gasteiger partial charge < -0.3 is 15.6 Å². The van der Waals surface area contributed by atoms with Crippen molar-refractivity contribution in [3.05, 3.63) is 54.2 Å². The summed E-state index contributed by atoms with van der Waals surface area (Å²) in [4.78, 5) is 9.32. The fraction of sp³-hybridized carbons (Fsp3) is 0.400. The van der Waals surface area contributed by atoms with Crippen LogP contribution >= 0.6 is 0 Å². The van der Waals surface area contributed by atoms with Gasteiger partial charge in [-0.25, -0.2) is 4.98 Å². The molecule has 0 saturated carbocycles. The minimum absolute atomic E-state index is 0.0378. The predicted molar refractivity (Wildman–Crippen MR) is 103 cm³/mol. The third kappa shape index (κ3) is 3.82. The van der Waals surface area contributed by atoms with E-state index in [-0.39, 0.29) is 6.04 Å². The summed E-state index contributed by atoms with van der Waals surface area (Å²) in [5.41, 5.74) is 10.2. The van der Waals surface area contributed by atoms with Crippen molar-refractivity contribution in [1.82, 2.24) is 14.9 Å². The average molecular weight is 337 g/mol. The molecule has 2 atom stereocenters. The highest BCUT2D eigenvalue weighted by atomic mass is 15.1. The molecule has 1 aliphatic heterocycles. The second-order valence-electron chi connectivity index (χ2n) is 6.74. The summed E-state index contributed by atoms with van der Waals surface area (Å²) < 4.78 is 2.03. The van der Waals surface area contributed by atoms with Crippen LogP contribution in [0.1, 0.15) is 18.4 Å². The van der Waals surface area contributed by atoms with Gasteiger partial charge in [0, 0.05) is 19.2 Å². The quantitative estimate of drug-likeness (QED) is 0.842. The predicted octanol–water partition coefficient (Wildman–Crippen LogP) is 2.43. The summed E-state index contributed by atoms with van der Waals surface area (Å²) in [7, 11) is 1.99. The Morgan fingerprint density at radius 3 is 3.00 bits per heavy atom. The number of hydrogen-bond acceptors (Lipinski definition) is 4.